The molecule has 46 heavy (non-hydrogen) atoms. The van der Waals surface area contributed by atoms with E-state index in [9.17, 15) is 24.3 Å². The first-order valence-electron chi connectivity index (χ1n) is 17.1. The Morgan fingerprint density at radius 2 is 1.35 bits per heavy atom. The van der Waals surface area contributed by atoms with Gasteiger partial charge in [0.15, 0.2) is 0 Å². The van der Waals surface area contributed by atoms with E-state index in [0.717, 1.165) is 60.8 Å². The van der Waals surface area contributed by atoms with Gasteiger partial charge < -0.3 is 0 Å². The predicted octanol–water partition coefficient (Wildman–Crippen LogP) is 7.45. The van der Waals surface area contributed by atoms with Gasteiger partial charge in [0.25, 0.3) is 0 Å². The summed E-state index contributed by atoms with van der Waals surface area (Å²) in [5.74, 6) is -0.324. The number of carbonyl (C=O) groups excluding carboxylic acids is 2. The second kappa shape index (κ2) is 21.1. The first-order valence-corrected chi connectivity index (χ1v) is 18.9. The molecule has 0 spiro atoms. The van der Waals surface area contributed by atoms with Crippen LogP contribution in [0.25, 0.3) is 11.1 Å². The molecular weight excluding hydrogens is 603 g/mol. The van der Waals surface area contributed by atoms with Crippen molar-refractivity contribution in [3.05, 3.63) is 71.8 Å². The Labute approximate surface area is 275 Å². The van der Waals surface area contributed by atoms with Gasteiger partial charge in [0.05, 0.1) is 0 Å². The molecule has 1 atom stereocenters. The molecule has 0 fully saturated rings. The van der Waals surface area contributed by atoms with Crippen molar-refractivity contribution in [3.8, 4) is 11.1 Å². The van der Waals surface area contributed by atoms with Gasteiger partial charge in [0, 0.05) is 0 Å². The van der Waals surface area contributed by atoms with Gasteiger partial charge in [-0.3, -0.25) is 0 Å². The van der Waals surface area contributed by atoms with Crippen LogP contribution in [0.5, 0.6) is 0 Å². The van der Waals surface area contributed by atoms with Crippen molar-refractivity contribution >= 4 is 20.2 Å². The third kappa shape index (κ3) is 14.3. The zero-order valence-corrected chi connectivity index (χ0v) is 28.4. The second-order valence-electron chi connectivity index (χ2n) is 12.2. The van der Waals surface area contributed by atoms with E-state index in [1.807, 2.05) is 36.4 Å². The quantitative estimate of drug-likeness (QED) is 0.0475. The fraction of sp³-hybridized carbons (Fsp3) is 0.556. The molecule has 9 nitrogen and oxygen atoms in total. The number of nitrogens with one attached hydrogen (secondary N) is 2. The number of benzene rings is 2. The van der Waals surface area contributed by atoms with Crippen molar-refractivity contribution in [1.82, 2.24) is 10.6 Å². The molecule has 3 rings (SSSR count). The van der Waals surface area contributed by atoms with Crippen LogP contribution in [-0.2, 0) is 14.1 Å². The molecule has 2 aromatic carbocycles. The number of hydrogen-bond acceptors (Lipinski definition) is 7. The van der Waals surface area contributed by atoms with Crippen LogP contribution in [0.15, 0.2) is 60.7 Å². The monoisotopic (exact) mass is 658 g/mol. The zero-order chi connectivity index (χ0) is 33.0. The third-order valence-electron chi connectivity index (χ3n) is 8.35. The third-order valence-corrected chi connectivity index (χ3v) is 8.90. The molecule has 2 amide bonds. The number of rotatable bonds is 23. The van der Waals surface area contributed by atoms with Crippen LogP contribution >= 0.6 is 8.17 Å². The molecule has 0 aromatic heterocycles. The van der Waals surface area contributed by atoms with Crippen LogP contribution in [-0.4, -0.2) is 52.5 Å². The fourth-order valence-corrected chi connectivity index (χ4v) is 6.30. The number of alkyl carbamates (subject to hydrolysis) is 1. The van der Waals surface area contributed by atoms with Crippen molar-refractivity contribution < 1.29 is 33.5 Å². The molecule has 5 N–H and O–H groups in total. The normalized spacial score (nSPS) is 13.7. The standard InChI is InChI=1S/C36H55N2O7P/c1-2-3-4-5-6-7-8-9-10-11-12-13-14-15-16-25-35(39)38-29(27-45-46(41,42)43)26-37-36(40)44-28-34-32-23-19-17-21-30(32)31-22-18-20-24-33(31)34/h9-10,17-24,29,34,41-43,46H,2-8,11-16,25-28H2,1H3,(H,37,40)(H,38,39)/b10-9-/t29-/m1/s1. The van der Waals surface area contributed by atoms with Gasteiger partial charge in [0.2, 0.25) is 0 Å². The molecule has 2 aromatic rings. The van der Waals surface area contributed by atoms with E-state index in [4.69, 9.17) is 9.26 Å². The maximum atomic E-state index is 12.6. The van der Waals surface area contributed by atoms with Crippen molar-refractivity contribution in [2.75, 3.05) is 19.8 Å². The summed E-state index contributed by atoms with van der Waals surface area (Å²) in [4.78, 5) is 53.1. The molecular formula is C36H55N2O7P. The predicted molar refractivity (Wildman–Crippen MR) is 185 cm³/mol. The van der Waals surface area contributed by atoms with Crippen LogP contribution < -0.4 is 10.6 Å². The molecule has 0 radical (unpaired) electrons. The molecule has 0 heterocycles. The summed E-state index contributed by atoms with van der Waals surface area (Å²) in [6.07, 6.45) is 19.5. The molecule has 0 aliphatic heterocycles. The van der Waals surface area contributed by atoms with Crippen LogP contribution in [0, 0.1) is 0 Å². The molecule has 1 aliphatic carbocycles. The first-order chi connectivity index (χ1) is 22.3. The number of unbranched alkanes of at least 4 members (excludes halogenated alkanes) is 11. The Bertz CT molecular complexity index is 1170. The van der Waals surface area contributed by atoms with Gasteiger partial charge in [-0.15, -0.1) is 0 Å². The summed E-state index contributed by atoms with van der Waals surface area (Å²) in [5.41, 5.74) is 4.45. The molecule has 0 bridgehead atoms. The van der Waals surface area contributed by atoms with Gasteiger partial charge in [-0.25, -0.2) is 0 Å². The summed E-state index contributed by atoms with van der Waals surface area (Å²) in [6, 6.07) is 15.3. The number of ether oxygens (including phenoxy) is 1. The average Bonchev–Trinajstić information content (AvgIpc) is 3.36. The minimum atomic E-state index is -4.79. The topological polar surface area (TPSA) is 137 Å². The number of carbonyl (C=O) groups is 2. The molecule has 0 unspecified atom stereocenters. The summed E-state index contributed by atoms with van der Waals surface area (Å²) < 4.78 is 10.3. The second-order valence-corrected chi connectivity index (χ2v) is 13.6. The Kier molecular flexibility index (Phi) is 17.3. The van der Waals surface area contributed by atoms with Gasteiger partial charge >= 0.3 is 200 Å². The summed E-state index contributed by atoms with van der Waals surface area (Å²) >= 11 is 0. The van der Waals surface area contributed by atoms with E-state index in [1.165, 1.54) is 44.9 Å². The van der Waals surface area contributed by atoms with Crippen LogP contribution in [0.2, 0.25) is 0 Å². The van der Waals surface area contributed by atoms with Crippen LogP contribution in [0.1, 0.15) is 114 Å². The molecule has 1 aliphatic rings. The van der Waals surface area contributed by atoms with E-state index in [1.54, 1.807) is 0 Å². The minimum absolute atomic E-state index is 0.0702. The Morgan fingerprint density at radius 1 is 0.804 bits per heavy atom. The summed E-state index contributed by atoms with van der Waals surface area (Å²) in [5, 5.41) is 5.39. The van der Waals surface area contributed by atoms with Crippen molar-refractivity contribution in [2.24, 2.45) is 0 Å². The van der Waals surface area contributed by atoms with E-state index < -0.39 is 20.3 Å². The van der Waals surface area contributed by atoms with Crippen molar-refractivity contribution in [3.63, 3.8) is 0 Å². The molecule has 256 valence electrons. The van der Waals surface area contributed by atoms with E-state index in [0.29, 0.717) is 6.42 Å². The van der Waals surface area contributed by atoms with Gasteiger partial charge in [0.1, 0.15) is 0 Å². The number of amides is 2. The molecule has 0 saturated heterocycles. The Morgan fingerprint density at radius 3 is 1.93 bits per heavy atom. The Balaban J connectivity index is 1.31. The van der Waals surface area contributed by atoms with Crippen LogP contribution in [0.3, 0.4) is 0 Å². The molecule has 10 heteroatoms. The van der Waals surface area contributed by atoms with Gasteiger partial charge in [-0.2, -0.15) is 0 Å². The van der Waals surface area contributed by atoms with Crippen LogP contribution in [0.4, 0.5) is 4.79 Å². The van der Waals surface area contributed by atoms with Crippen molar-refractivity contribution in [1.29, 1.82) is 0 Å². The maximum absolute atomic E-state index is 12.6. The average molecular weight is 659 g/mol. The van der Waals surface area contributed by atoms with Crippen molar-refractivity contribution in [2.45, 2.75) is 109 Å². The number of hydrogen-bond donors (Lipinski definition) is 5. The number of fused-ring (bicyclic) bond motifs is 3. The summed E-state index contributed by atoms with van der Waals surface area (Å²) in [6.45, 7) is 1.94. The summed E-state index contributed by atoms with van der Waals surface area (Å²) in [7, 11) is -4.79. The zero-order valence-electron chi connectivity index (χ0n) is 27.4. The first kappa shape index (κ1) is 37.6. The SMILES string of the molecule is CCCCCCCC/C=C\CCCCCCCC(=O)N[C@H](CNC(=O)OCC1c2ccccc2-c2ccccc21)CO[PH](O)(O)O. The van der Waals surface area contributed by atoms with Gasteiger partial charge in [-0.1, -0.05) is 63.3 Å². The van der Waals surface area contributed by atoms with E-state index in [2.05, 4.69) is 41.8 Å². The Hall–Kier alpha value is -2.81. The fourth-order valence-electron chi connectivity index (χ4n) is 5.88. The van der Waals surface area contributed by atoms with Gasteiger partial charge in [-0.05, 0) is 12.8 Å². The molecule has 0 saturated carbocycles. The van der Waals surface area contributed by atoms with E-state index in [-0.39, 0.29) is 31.6 Å². The van der Waals surface area contributed by atoms with E-state index >= 15 is 0 Å². The number of allylic oxidation sites excluding steroid dienone is 2.